The maximum Gasteiger partial charge on any atom is 0.0734 e. The van der Waals surface area contributed by atoms with Crippen LogP contribution in [0, 0.1) is 0 Å². The molecule has 0 amide bonds. The fourth-order valence-corrected chi connectivity index (χ4v) is 1.75. The highest BCUT2D eigenvalue weighted by atomic mass is 14.9. The summed E-state index contributed by atoms with van der Waals surface area (Å²) >= 11 is 0. The van der Waals surface area contributed by atoms with Gasteiger partial charge in [-0.05, 0) is 30.6 Å². The minimum absolute atomic E-state index is 1.06. The molecule has 2 rings (SSSR count). The third-order valence-corrected chi connectivity index (χ3v) is 2.56. The van der Waals surface area contributed by atoms with Crippen molar-refractivity contribution in [2.75, 3.05) is 0 Å². The Kier molecular flexibility index (Phi) is 2.40. The van der Waals surface area contributed by atoms with Crippen molar-refractivity contribution in [2.24, 2.45) is 0 Å². The van der Waals surface area contributed by atoms with Crippen LogP contribution in [0.25, 0.3) is 5.70 Å². The number of benzene rings is 1. The second kappa shape index (κ2) is 3.70. The van der Waals surface area contributed by atoms with Crippen molar-refractivity contribution in [2.45, 2.75) is 20.3 Å². The van der Waals surface area contributed by atoms with Gasteiger partial charge in [-0.15, -0.1) is 0 Å². The van der Waals surface area contributed by atoms with Gasteiger partial charge in [0.2, 0.25) is 0 Å². The average molecular weight is 184 g/mol. The van der Waals surface area contributed by atoms with Gasteiger partial charge in [0.05, 0.1) is 5.70 Å². The molecule has 0 saturated heterocycles. The van der Waals surface area contributed by atoms with Crippen LogP contribution in [0.1, 0.15) is 25.0 Å². The van der Waals surface area contributed by atoms with Gasteiger partial charge < -0.3 is 0 Å². The third-order valence-electron chi connectivity index (χ3n) is 2.56. The molecular weight excluding hydrogens is 170 g/mol. The van der Waals surface area contributed by atoms with Gasteiger partial charge in [0.15, 0.2) is 0 Å². The van der Waals surface area contributed by atoms with Crippen LogP contribution in [0.2, 0.25) is 0 Å². The summed E-state index contributed by atoms with van der Waals surface area (Å²) in [6.45, 7) is 4.28. The Labute approximate surface area is 85.2 Å². The van der Waals surface area contributed by atoms with Crippen molar-refractivity contribution >= 4 is 5.70 Å². The fraction of sp³-hybridized carbons (Fsp3) is 0.231. The quantitative estimate of drug-likeness (QED) is 0.670. The highest BCUT2D eigenvalue weighted by Crippen LogP contribution is 2.25. The lowest BCUT2D eigenvalue weighted by Gasteiger charge is -2.08. The van der Waals surface area contributed by atoms with E-state index in [9.17, 15) is 0 Å². The molecule has 1 aliphatic rings. The first-order valence-corrected chi connectivity index (χ1v) is 4.99. The summed E-state index contributed by atoms with van der Waals surface area (Å²) < 4.78 is 0. The van der Waals surface area contributed by atoms with Crippen LogP contribution in [-0.4, -0.2) is 0 Å². The average Bonchev–Trinajstić information content (AvgIpc) is 2.64. The predicted molar refractivity (Wildman–Crippen MR) is 59.7 cm³/mol. The summed E-state index contributed by atoms with van der Waals surface area (Å²) in [5, 5.41) is 4.39. The van der Waals surface area contributed by atoms with Crippen molar-refractivity contribution in [1.29, 1.82) is 0 Å². The third kappa shape index (κ3) is 1.46. The topological polar surface area (TPSA) is 14.1 Å². The lowest BCUT2D eigenvalue weighted by Crippen LogP contribution is -1.97. The second-order valence-electron chi connectivity index (χ2n) is 3.49. The summed E-state index contributed by atoms with van der Waals surface area (Å²) in [6.07, 6.45) is 4.99. The minimum Gasteiger partial charge on any atom is -0.256 e. The molecule has 0 spiro atoms. The fourth-order valence-electron chi connectivity index (χ4n) is 1.75. The van der Waals surface area contributed by atoms with Gasteiger partial charge in [-0.2, -0.15) is 0 Å². The van der Waals surface area contributed by atoms with Crippen molar-refractivity contribution < 1.29 is 0 Å². The minimum atomic E-state index is 1.06. The molecule has 0 fully saturated rings. The van der Waals surface area contributed by atoms with E-state index in [1.165, 1.54) is 16.7 Å². The molecule has 1 aromatic carbocycles. The molecule has 14 heavy (non-hydrogen) atoms. The molecule has 1 aromatic rings. The number of allylic oxidation sites excluding steroid dienone is 2. The molecule has 0 bridgehead atoms. The molecule has 0 saturated carbocycles. The molecule has 0 aliphatic carbocycles. The molecular formula is C13H14N. The molecule has 71 valence electrons. The van der Waals surface area contributed by atoms with E-state index in [4.69, 9.17) is 0 Å². The first-order chi connectivity index (χ1) is 6.83. The first-order valence-electron chi connectivity index (χ1n) is 4.99. The Morgan fingerprint density at radius 3 is 2.64 bits per heavy atom. The summed E-state index contributed by atoms with van der Waals surface area (Å²) in [7, 11) is 0. The van der Waals surface area contributed by atoms with E-state index in [0.29, 0.717) is 0 Å². The van der Waals surface area contributed by atoms with E-state index in [1.54, 1.807) is 0 Å². The zero-order chi connectivity index (χ0) is 9.97. The molecule has 1 radical (unpaired) electrons. The smallest absolute Gasteiger partial charge is 0.0734 e. The molecule has 0 unspecified atom stereocenters. The van der Waals surface area contributed by atoms with E-state index in [-0.39, 0.29) is 0 Å². The van der Waals surface area contributed by atoms with Gasteiger partial charge in [-0.25, -0.2) is 0 Å². The van der Waals surface area contributed by atoms with Crippen molar-refractivity contribution in [1.82, 2.24) is 5.32 Å². The first kappa shape index (κ1) is 9.07. The normalized spacial score (nSPS) is 14.7. The summed E-state index contributed by atoms with van der Waals surface area (Å²) in [4.78, 5) is 0. The van der Waals surface area contributed by atoms with Gasteiger partial charge in [0.1, 0.15) is 0 Å². The Bertz CT molecular complexity index is 399. The summed E-state index contributed by atoms with van der Waals surface area (Å²) in [5.41, 5.74) is 5.03. The van der Waals surface area contributed by atoms with Crippen LogP contribution < -0.4 is 5.32 Å². The highest BCUT2D eigenvalue weighted by Gasteiger charge is 2.11. The van der Waals surface area contributed by atoms with E-state index in [1.807, 2.05) is 6.20 Å². The SMILES string of the molecule is CCc1ccccc1C1=C(C)C=C[N]1. The lowest BCUT2D eigenvalue weighted by atomic mass is 10.0. The van der Waals surface area contributed by atoms with Crippen LogP contribution in [0.15, 0.2) is 42.1 Å². The van der Waals surface area contributed by atoms with Gasteiger partial charge in [-0.3, -0.25) is 5.32 Å². The largest absolute Gasteiger partial charge is 0.256 e. The van der Waals surface area contributed by atoms with Crippen molar-refractivity contribution in [3.05, 3.63) is 53.2 Å². The molecule has 1 heterocycles. The zero-order valence-corrected chi connectivity index (χ0v) is 8.62. The van der Waals surface area contributed by atoms with Crippen LogP contribution in [0.4, 0.5) is 0 Å². The number of aryl methyl sites for hydroxylation is 1. The Hall–Kier alpha value is -1.50. The number of rotatable bonds is 2. The van der Waals surface area contributed by atoms with Gasteiger partial charge >= 0.3 is 0 Å². The highest BCUT2D eigenvalue weighted by molar-refractivity contribution is 5.74. The van der Waals surface area contributed by atoms with Crippen molar-refractivity contribution in [3.63, 3.8) is 0 Å². The molecule has 1 nitrogen and oxygen atoms in total. The number of hydrogen-bond donors (Lipinski definition) is 0. The molecule has 1 heteroatoms. The molecule has 1 aliphatic heterocycles. The Morgan fingerprint density at radius 2 is 2.00 bits per heavy atom. The van der Waals surface area contributed by atoms with Crippen LogP contribution in [0.5, 0.6) is 0 Å². The maximum atomic E-state index is 4.39. The Morgan fingerprint density at radius 1 is 1.21 bits per heavy atom. The summed E-state index contributed by atoms with van der Waals surface area (Å²) in [5.74, 6) is 0. The number of hydrogen-bond acceptors (Lipinski definition) is 0. The van der Waals surface area contributed by atoms with E-state index in [0.717, 1.165) is 12.1 Å². The molecule has 0 aromatic heterocycles. The summed E-state index contributed by atoms with van der Waals surface area (Å²) in [6, 6.07) is 8.47. The Balaban J connectivity index is 2.47. The second-order valence-corrected chi connectivity index (χ2v) is 3.49. The van der Waals surface area contributed by atoms with Crippen LogP contribution >= 0.6 is 0 Å². The standard InChI is InChI=1S/C13H14N/c1-3-11-6-4-5-7-12(11)13-10(2)8-9-14-13/h4-9H,3H2,1-2H3. The van der Waals surface area contributed by atoms with Crippen LogP contribution in [0.3, 0.4) is 0 Å². The van der Waals surface area contributed by atoms with Gasteiger partial charge in [-0.1, -0.05) is 31.2 Å². The van der Waals surface area contributed by atoms with E-state index >= 15 is 0 Å². The van der Waals surface area contributed by atoms with E-state index < -0.39 is 0 Å². The maximum absolute atomic E-state index is 4.39. The van der Waals surface area contributed by atoms with Crippen LogP contribution in [-0.2, 0) is 6.42 Å². The van der Waals surface area contributed by atoms with Gasteiger partial charge in [0, 0.05) is 11.8 Å². The monoisotopic (exact) mass is 184 g/mol. The van der Waals surface area contributed by atoms with Gasteiger partial charge in [0.25, 0.3) is 0 Å². The predicted octanol–water partition coefficient (Wildman–Crippen LogP) is 3.11. The number of nitrogens with zero attached hydrogens (tertiary/aromatic N) is 1. The molecule has 0 N–H and O–H groups in total. The van der Waals surface area contributed by atoms with E-state index in [2.05, 4.69) is 49.5 Å². The molecule has 0 atom stereocenters. The van der Waals surface area contributed by atoms with Crippen molar-refractivity contribution in [3.8, 4) is 0 Å². The lowest BCUT2D eigenvalue weighted by molar-refractivity contribution is 1.11. The zero-order valence-electron chi connectivity index (χ0n) is 8.62.